The molecule has 39 heavy (non-hydrogen) atoms. The van der Waals surface area contributed by atoms with Gasteiger partial charge in [0.2, 0.25) is 0 Å². The van der Waals surface area contributed by atoms with Gasteiger partial charge in [-0.2, -0.15) is 0 Å². The topological polar surface area (TPSA) is 126 Å². The highest BCUT2D eigenvalue weighted by Crippen LogP contribution is 2.37. The number of hydrogen-bond donors (Lipinski definition) is 4. The lowest BCUT2D eigenvalue weighted by atomic mass is 9.89. The van der Waals surface area contributed by atoms with Crippen LogP contribution in [0.1, 0.15) is 17.4 Å². The number of rotatable bonds is 5. The summed E-state index contributed by atoms with van der Waals surface area (Å²) in [5, 5.41) is 40.9. The van der Waals surface area contributed by atoms with Crippen molar-refractivity contribution in [3.05, 3.63) is 84.4 Å². The average Bonchev–Trinajstić information content (AvgIpc) is 3.53. The Bertz CT molecular complexity index is 1870. The largest absolute Gasteiger partial charge is 0.394 e. The van der Waals surface area contributed by atoms with Crippen LogP contribution in [-0.4, -0.2) is 59.8 Å². The van der Waals surface area contributed by atoms with E-state index < -0.39 is 31.1 Å². The maximum absolute atomic E-state index is 10.5. The van der Waals surface area contributed by atoms with E-state index >= 15 is 0 Å². The number of ether oxygens (including phenoxy) is 1. The number of imidazole rings is 1. The van der Waals surface area contributed by atoms with Gasteiger partial charge in [0.1, 0.15) is 24.6 Å². The number of anilines is 1. The highest BCUT2D eigenvalue weighted by molar-refractivity contribution is 6.16. The molecule has 4 atom stereocenters. The number of aromatic nitrogens is 4. The van der Waals surface area contributed by atoms with Crippen LogP contribution in [-0.2, 0) is 11.3 Å². The minimum atomic E-state index is -1.23. The fourth-order valence-corrected chi connectivity index (χ4v) is 5.92. The number of aryl methyl sites for hydroxylation is 1. The van der Waals surface area contributed by atoms with E-state index in [1.807, 2.05) is 0 Å². The van der Waals surface area contributed by atoms with Gasteiger partial charge in [0, 0.05) is 6.54 Å². The van der Waals surface area contributed by atoms with E-state index in [4.69, 9.17) is 4.74 Å². The quantitative estimate of drug-likeness (QED) is 0.199. The lowest BCUT2D eigenvalue weighted by molar-refractivity contribution is -0.0511. The molecule has 1 aliphatic heterocycles. The summed E-state index contributed by atoms with van der Waals surface area (Å²) in [6.45, 7) is 2.28. The smallest absolute Gasteiger partial charge is 0.167 e. The molecule has 9 nitrogen and oxygen atoms in total. The zero-order valence-electron chi connectivity index (χ0n) is 21.2. The van der Waals surface area contributed by atoms with Crippen LogP contribution in [0.2, 0.25) is 0 Å². The van der Waals surface area contributed by atoms with Gasteiger partial charge < -0.3 is 25.4 Å². The fraction of sp³-hybridized carbons (Fsp3) is 0.233. The molecule has 4 N–H and O–H groups in total. The van der Waals surface area contributed by atoms with Crippen molar-refractivity contribution in [1.82, 2.24) is 19.5 Å². The summed E-state index contributed by atoms with van der Waals surface area (Å²) in [5.41, 5.74) is 3.38. The van der Waals surface area contributed by atoms with Crippen LogP contribution >= 0.6 is 0 Å². The normalized spacial score (nSPS) is 21.4. The molecule has 4 aromatic carbocycles. The lowest BCUT2D eigenvalue weighted by Crippen LogP contribution is -2.33. The third-order valence-electron chi connectivity index (χ3n) is 7.87. The van der Waals surface area contributed by atoms with Crippen LogP contribution in [0.4, 0.5) is 5.82 Å². The monoisotopic (exact) mass is 521 g/mol. The van der Waals surface area contributed by atoms with Crippen molar-refractivity contribution < 1.29 is 20.1 Å². The summed E-state index contributed by atoms with van der Waals surface area (Å²) in [4.78, 5) is 13.3. The zero-order valence-corrected chi connectivity index (χ0v) is 21.2. The van der Waals surface area contributed by atoms with Crippen molar-refractivity contribution in [2.24, 2.45) is 0 Å². The molecular formula is C30H27N5O4. The molecule has 6 aromatic rings. The van der Waals surface area contributed by atoms with Crippen molar-refractivity contribution >= 4 is 49.3 Å². The molecule has 0 aliphatic carbocycles. The number of nitrogens with zero attached hydrogens (tertiary/aromatic N) is 4. The van der Waals surface area contributed by atoms with Crippen molar-refractivity contribution in [3.63, 3.8) is 0 Å². The second kappa shape index (κ2) is 9.25. The van der Waals surface area contributed by atoms with Crippen molar-refractivity contribution in [2.45, 2.75) is 38.0 Å². The van der Waals surface area contributed by atoms with Gasteiger partial charge in [0.05, 0.1) is 12.9 Å². The van der Waals surface area contributed by atoms with E-state index in [1.165, 1.54) is 50.5 Å². The first-order valence-corrected chi connectivity index (χ1v) is 12.9. The summed E-state index contributed by atoms with van der Waals surface area (Å²) in [5.74, 6) is 0.545. The van der Waals surface area contributed by atoms with Crippen LogP contribution < -0.4 is 5.32 Å². The first-order valence-electron chi connectivity index (χ1n) is 12.9. The van der Waals surface area contributed by atoms with Gasteiger partial charge in [-0.1, -0.05) is 60.7 Å². The van der Waals surface area contributed by atoms with Gasteiger partial charge in [-0.15, -0.1) is 0 Å². The van der Waals surface area contributed by atoms with Gasteiger partial charge in [0.25, 0.3) is 0 Å². The maximum Gasteiger partial charge on any atom is 0.167 e. The number of benzene rings is 4. The molecule has 3 heterocycles. The molecule has 4 unspecified atom stereocenters. The molecular weight excluding hydrogens is 494 g/mol. The highest BCUT2D eigenvalue weighted by atomic mass is 16.6. The SMILES string of the molecule is Cc1c2ccccc2c(CNc2ncnc3c2ncn3C2OC(CO)C(O)C2O)c2ccc3ccccc3c12. The fourth-order valence-electron chi connectivity index (χ4n) is 5.92. The van der Waals surface area contributed by atoms with E-state index in [1.54, 1.807) is 4.57 Å². The molecule has 1 aliphatic rings. The summed E-state index contributed by atoms with van der Waals surface area (Å²) < 4.78 is 7.26. The number of nitrogens with one attached hydrogen (secondary N) is 1. The predicted molar refractivity (Wildman–Crippen MR) is 149 cm³/mol. The van der Waals surface area contributed by atoms with Crippen molar-refractivity contribution in [1.29, 1.82) is 0 Å². The number of hydrogen-bond acceptors (Lipinski definition) is 8. The van der Waals surface area contributed by atoms with Crippen LogP contribution in [0.15, 0.2) is 73.3 Å². The minimum absolute atomic E-state index is 0.406. The van der Waals surface area contributed by atoms with Crippen molar-refractivity contribution in [3.8, 4) is 0 Å². The van der Waals surface area contributed by atoms with Gasteiger partial charge in [0.15, 0.2) is 23.2 Å². The molecule has 2 aromatic heterocycles. The Balaban J connectivity index is 1.31. The first-order chi connectivity index (χ1) is 19.1. The van der Waals surface area contributed by atoms with E-state index in [0.717, 1.165) is 5.56 Å². The summed E-state index contributed by atoms with van der Waals surface area (Å²) in [6, 6.07) is 21.3. The van der Waals surface area contributed by atoms with E-state index in [2.05, 4.69) is 87.9 Å². The summed E-state index contributed by atoms with van der Waals surface area (Å²) in [7, 11) is 0. The molecule has 7 rings (SSSR count). The van der Waals surface area contributed by atoms with Crippen LogP contribution in [0.25, 0.3) is 43.5 Å². The molecule has 9 heteroatoms. The first kappa shape index (κ1) is 23.9. The van der Waals surface area contributed by atoms with Crippen molar-refractivity contribution in [2.75, 3.05) is 11.9 Å². The summed E-state index contributed by atoms with van der Waals surface area (Å²) in [6.07, 6.45) is -1.32. The Morgan fingerprint density at radius 1 is 0.872 bits per heavy atom. The van der Waals surface area contributed by atoms with Crippen LogP contribution in [0.5, 0.6) is 0 Å². The molecule has 1 saturated heterocycles. The second-order valence-corrected chi connectivity index (χ2v) is 9.99. The molecule has 0 amide bonds. The molecule has 1 fully saturated rings. The van der Waals surface area contributed by atoms with E-state index in [9.17, 15) is 15.3 Å². The highest BCUT2D eigenvalue weighted by Gasteiger charge is 2.44. The van der Waals surface area contributed by atoms with Crippen LogP contribution in [0, 0.1) is 6.92 Å². The average molecular weight is 522 g/mol. The Hall–Kier alpha value is -4.15. The Labute approximate surface area is 223 Å². The summed E-state index contributed by atoms with van der Waals surface area (Å²) >= 11 is 0. The Kier molecular flexibility index (Phi) is 5.67. The molecule has 0 bridgehead atoms. The molecule has 0 radical (unpaired) electrons. The predicted octanol–water partition coefficient (Wildman–Crippen LogP) is 3.82. The van der Waals surface area contributed by atoms with Gasteiger partial charge in [-0.05, 0) is 50.4 Å². The molecule has 0 spiro atoms. The van der Waals surface area contributed by atoms with Crippen LogP contribution in [0.3, 0.4) is 0 Å². The number of aliphatic hydroxyl groups is 3. The van der Waals surface area contributed by atoms with Gasteiger partial charge in [-0.25, -0.2) is 15.0 Å². The maximum atomic E-state index is 10.5. The number of fused-ring (bicyclic) bond motifs is 5. The standard InChI is InChI=1S/C30H27N5O4/c1-16-18-7-4-5-9-20(18)22(21-11-10-17-6-2-3-8-19(17)24(16)21)12-31-28-25-29(33-14-32-28)35(15-34-25)30-27(38)26(37)23(13-36)39-30/h2-11,14-15,23,26-27,30,36-38H,12-13H2,1H3,(H,31,32,33). The Morgan fingerprint density at radius 3 is 2.44 bits per heavy atom. The molecule has 0 saturated carbocycles. The Morgan fingerprint density at radius 2 is 1.64 bits per heavy atom. The zero-order chi connectivity index (χ0) is 26.7. The number of aliphatic hydroxyl groups excluding tert-OH is 3. The molecule has 196 valence electrons. The van der Waals surface area contributed by atoms with E-state index in [0.29, 0.717) is 23.5 Å². The lowest BCUT2D eigenvalue weighted by Gasteiger charge is -2.18. The van der Waals surface area contributed by atoms with Gasteiger partial charge in [-0.3, -0.25) is 4.57 Å². The third kappa shape index (κ3) is 3.66. The second-order valence-electron chi connectivity index (χ2n) is 9.99. The van der Waals surface area contributed by atoms with Gasteiger partial charge >= 0.3 is 0 Å². The third-order valence-corrected chi connectivity index (χ3v) is 7.87. The van der Waals surface area contributed by atoms with E-state index in [-0.39, 0.29) is 0 Å². The minimum Gasteiger partial charge on any atom is -0.394 e.